The molecule has 2 aromatic heterocycles. The molecule has 1 unspecified atom stereocenters. The maximum absolute atomic E-state index is 13.2. The van der Waals surface area contributed by atoms with Gasteiger partial charge in [-0.05, 0) is 30.9 Å². The molecule has 0 spiro atoms. The van der Waals surface area contributed by atoms with E-state index in [2.05, 4.69) is 26.7 Å². The van der Waals surface area contributed by atoms with Crippen LogP contribution in [0.2, 0.25) is 0 Å². The second kappa shape index (κ2) is 5.00. The lowest BCUT2D eigenvalue weighted by atomic mass is 9.86. The summed E-state index contributed by atoms with van der Waals surface area (Å²) in [7, 11) is 0. The lowest BCUT2D eigenvalue weighted by Crippen LogP contribution is -2.23. The van der Waals surface area contributed by atoms with Gasteiger partial charge in [0.2, 0.25) is 5.92 Å². The molecule has 0 radical (unpaired) electrons. The predicted molar refractivity (Wildman–Crippen MR) is 79.6 cm³/mol. The summed E-state index contributed by atoms with van der Waals surface area (Å²) in [5.74, 6) is -2.23. The van der Waals surface area contributed by atoms with Gasteiger partial charge in [0.15, 0.2) is 0 Å². The Bertz CT molecular complexity index is 710. The Balaban J connectivity index is 1.58. The Labute approximate surface area is 127 Å². The maximum atomic E-state index is 13.2. The van der Waals surface area contributed by atoms with Gasteiger partial charge >= 0.3 is 0 Å². The fourth-order valence-electron chi connectivity index (χ4n) is 3.44. The molecule has 5 heteroatoms. The van der Waals surface area contributed by atoms with Crippen LogP contribution >= 0.6 is 0 Å². The second-order valence-corrected chi connectivity index (χ2v) is 6.15. The van der Waals surface area contributed by atoms with Crippen molar-refractivity contribution in [2.75, 3.05) is 0 Å². The van der Waals surface area contributed by atoms with Gasteiger partial charge in [0.05, 0.1) is 30.0 Å². The zero-order valence-electron chi connectivity index (χ0n) is 12.1. The molecule has 0 bridgehead atoms. The standard InChI is InChI=1S/C17H17F2N3/c18-17(19)7-5-12(6-8-17)3-4-14-16-13(2-1-9-21-16)15-10-20-11-22(14)15/h1-4,9-12,14H,5-8H2/b4-3+. The molecule has 1 atom stereocenters. The summed E-state index contributed by atoms with van der Waals surface area (Å²) in [5.41, 5.74) is 3.18. The van der Waals surface area contributed by atoms with Crippen molar-refractivity contribution in [3.05, 3.63) is 48.7 Å². The molecule has 0 amide bonds. The van der Waals surface area contributed by atoms with Crippen molar-refractivity contribution in [2.24, 2.45) is 5.92 Å². The van der Waals surface area contributed by atoms with Gasteiger partial charge < -0.3 is 4.57 Å². The number of hydrogen-bond acceptors (Lipinski definition) is 2. The van der Waals surface area contributed by atoms with Crippen LogP contribution in [-0.2, 0) is 0 Å². The van der Waals surface area contributed by atoms with E-state index in [1.165, 1.54) is 0 Å². The minimum absolute atomic E-state index is 0.00215. The highest BCUT2D eigenvalue weighted by Crippen LogP contribution is 2.40. The quantitative estimate of drug-likeness (QED) is 0.777. The Kier molecular flexibility index (Phi) is 3.10. The highest BCUT2D eigenvalue weighted by atomic mass is 19.3. The molecule has 1 aliphatic carbocycles. The van der Waals surface area contributed by atoms with Crippen molar-refractivity contribution in [1.82, 2.24) is 14.5 Å². The number of halogens is 2. The Morgan fingerprint density at radius 2 is 2.05 bits per heavy atom. The third-order valence-electron chi connectivity index (χ3n) is 4.69. The summed E-state index contributed by atoms with van der Waals surface area (Å²) < 4.78 is 28.5. The molecule has 3 heterocycles. The van der Waals surface area contributed by atoms with Crippen molar-refractivity contribution in [2.45, 2.75) is 37.6 Å². The third-order valence-corrected chi connectivity index (χ3v) is 4.69. The molecule has 0 saturated heterocycles. The van der Waals surface area contributed by atoms with Crippen molar-refractivity contribution < 1.29 is 8.78 Å². The average molecular weight is 301 g/mol. The second-order valence-electron chi connectivity index (χ2n) is 6.15. The number of nitrogens with zero attached hydrogens (tertiary/aromatic N) is 3. The molecule has 4 rings (SSSR count). The maximum Gasteiger partial charge on any atom is 0.248 e. The van der Waals surface area contributed by atoms with Crippen LogP contribution in [0.15, 0.2) is 43.0 Å². The molecular formula is C17H17F2N3. The first-order valence-corrected chi connectivity index (χ1v) is 7.67. The highest BCUT2D eigenvalue weighted by molar-refractivity contribution is 5.67. The number of rotatable bonds is 2. The van der Waals surface area contributed by atoms with Crippen molar-refractivity contribution in [1.29, 1.82) is 0 Å². The molecule has 0 aromatic carbocycles. The monoisotopic (exact) mass is 301 g/mol. The summed E-state index contributed by atoms with van der Waals surface area (Å²) in [6.45, 7) is 0. The number of pyridine rings is 1. The number of allylic oxidation sites excluding steroid dienone is 2. The van der Waals surface area contributed by atoms with Crippen LogP contribution < -0.4 is 0 Å². The van der Waals surface area contributed by atoms with Gasteiger partial charge in [0.1, 0.15) is 0 Å². The molecule has 22 heavy (non-hydrogen) atoms. The molecule has 1 saturated carbocycles. The van der Waals surface area contributed by atoms with Crippen molar-refractivity contribution in [3.63, 3.8) is 0 Å². The molecule has 2 aromatic rings. The fourth-order valence-corrected chi connectivity index (χ4v) is 3.44. The Morgan fingerprint density at radius 3 is 2.86 bits per heavy atom. The van der Waals surface area contributed by atoms with Crippen LogP contribution in [0.1, 0.15) is 37.4 Å². The van der Waals surface area contributed by atoms with Gasteiger partial charge in [-0.15, -0.1) is 0 Å². The number of alkyl halides is 2. The molecule has 114 valence electrons. The predicted octanol–water partition coefficient (Wildman–Crippen LogP) is 4.23. The summed E-state index contributed by atoms with van der Waals surface area (Å²) in [5, 5.41) is 0. The normalized spacial score (nSPS) is 23.6. The number of imidazole rings is 1. The highest BCUT2D eigenvalue weighted by Gasteiger charge is 2.34. The molecule has 3 nitrogen and oxygen atoms in total. The molecular weight excluding hydrogens is 284 g/mol. The third kappa shape index (κ3) is 2.25. The summed E-state index contributed by atoms with van der Waals surface area (Å²) >= 11 is 0. The first kappa shape index (κ1) is 13.6. The lowest BCUT2D eigenvalue weighted by molar-refractivity contribution is -0.0411. The van der Waals surface area contributed by atoms with E-state index in [0.29, 0.717) is 12.8 Å². The largest absolute Gasteiger partial charge is 0.318 e. The van der Waals surface area contributed by atoms with Gasteiger partial charge in [-0.25, -0.2) is 13.8 Å². The van der Waals surface area contributed by atoms with E-state index in [9.17, 15) is 8.78 Å². The van der Waals surface area contributed by atoms with E-state index in [1.54, 1.807) is 12.5 Å². The molecule has 1 aliphatic heterocycles. The van der Waals surface area contributed by atoms with Gasteiger partial charge in [0.25, 0.3) is 0 Å². The van der Waals surface area contributed by atoms with Crippen LogP contribution in [-0.4, -0.2) is 20.5 Å². The smallest absolute Gasteiger partial charge is 0.248 e. The van der Waals surface area contributed by atoms with Gasteiger partial charge in [-0.1, -0.05) is 12.2 Å². The van der Waals surface area contributed by atoms with E-state index >= 15 is 0 Å². The molecule has 0 N–H and O–H groups in total. The Morgan fingerprint density at radius 1 is 1.23 bits per heavy atom. The Hall–Kier alpha value is -2.04. The number of hydrogen-bond donors (Lipinski definition) is 0. The van der Waals surface area contributed by atoms with E-state index in [4.69, 9.17) is 0 Å². The molecule has 2 aliphatic rings. The summed E-state index contributed by atoms with van der Waals surface area (Å²) in [6.07, 6.45) is 10.7. The lowest BCUT2D eigenvalue weighted by Gasteiger charge is -2.26. The summed E-state index contributed by atoms with van der Waals surface area (Å²) in [4.78, 5) is 8.70. The first-order valence-electron chi connectivity index (χ1n) is 7.67. The fraction of sp³-hybridized carbons (Fsp3) is 0.412. The van der Waals surface area contributed by atoms with Gasteiger partial charge in [0, 0.05) is 24.6 Å². The number of fused-ring (bicyclic) bond motifs is 3. The van der Waals surface area contributed by atoms with Crippen LogP contribution in [0.3, 0.4) is 0 Å². The van der Waals surface area contributed by atoms with Gasteiger partial charge in [-0.2, -0.15) is 0 Å². The first-order chi connectivity index (χ1) is 10.6. The minimum atomic E-state index is -2.47. The van der Waals surface area contributed by atoms with E-state index in [-0.39, 0.29) is 24.8 Å². The van der Waals surface area contributed by atoms with Gasteiger partial charge in [-0.3, -0.25) is 4.98 Å². The van der Waals surface area contributed by atoms with E-state index < -0.39 is 5.92 Å². The van der Waals surface area contributed by atoms with E-state index in [0.717, 1.165) is 17.0 Å². The van der Waals surface area contributed by atoms with Crippen LogP contribution in [0.5, 0.6) is 0 Å². The minimum Gasteiger partial charge on any atom is -0.318 e. The molecule has 1 fully saturated rings. The zero-order valence-corrected chi connectivity index (χ0v) is 12.1. The zero-order chi connectivity index (χ0) is 15.2. The van der Waals surface area contributed by atoms with E-state index in [1.807, 2.05) is 18.3 Å². The number of aromatic nitrogens is 3. The van der Waals surface area contributed by atoms with Crippen LogP contribution in [0.4, 0.5) is 8.78 Å². The van der Waals surface area contributed by atoms with Crippen LogP contribution in [0, 0.1) is 5.92 Å². The topological polar surface area (TPSA) is 30.7 Å². The van der Waals surface area contributed by atoms with Crippen molar-refractivity contribution >= 4 is 0 Å². The average Bonchev–Trinajstić information content (AvgIpc) is 3.08. The van der Waals surface area contributed by atoms with Crippen LogP contribution in [0.25, 0.3) is 11.3 Å². The van der Waals surface area contributed by atoms with Crippen molar-refractivity contribution in [3.8, 4) is 11.3 Å². The summed E-state index contributed by atoms with van der Waals surface area (Å²) in [6, 6.07) is 3.99. The SMILES string of the molecule is FC1(F)CCC(/C=C/C2c3ncccc3-c3cncn32)CC1.